The lowest BCUT2D eigenvalue weighted by molar-refractivity contribution is 0.0763. The maximum atomic E-state index is 13.2. The number of anilines is 2. The number of hydrogen-bond donors (Lipinski definition) is 3. The molecule has 0 amide bonds. The van der Waals surface area contributed by atoms with Crippen molar-refractivity contribution in [2.24, 2.45) is 5.92 Å². The van der Waals surface area contributed by atoms with Gasteiger partial charge < -0.3 is 16.2 Å². The Labute approximate surface area is 101 Å². The van der Waals surface area contributed by atoms with Crippen molar-refractivity contribution in [2.45, 2.75) is 31.8 Å². The molecule has 4 N–H and O–H groups in total. The Morgan fingerprint density at radius 1 is 1.35 bits per heavy atom. The summed E-state index contributed by atoms with van der Waals surface area (Å²) in [6.45, 7) is 0.648. The summed E-state index contributed by atoms with van der Waals surface area (Å²) in [6.07, 6.45) is 3.89. The van der Waals surface area contributed by atoms with Crippen LogP contribution >= 0.6 is 0 Å². The number of nitrogens with one attached hydrogen (secondary N) is 1. The molecule has 0 saturated heterocycles. The first kappa shape index (κ1) is 12.2. The fourth-order valence-corrected chi connectivity index (χ4v) is 2.36. The zero-order valence-corrected chi connectivity index (χ0v) is 9.82. The molecule has 1 fully saturated rings. The molecule has 3 nitrogen and oxygen atoms in total. The summed E-state index contributed by atoms with van der Waals surface area (Å²) >= 11 is 0. The van der Waals surface area contributed by atoms with Crippen molar-refractivity contribution in [3.05, 3.63) is 24.0 Å². The van der Waals surface area contributed by atoms with E-state index in [2.05, 4.69) is 5.32 Å². The third-order valence-corrected chi connectivity index (χ3v) is 3.48. The normalized spacial score (nSPS) is 24.6. The molecule has 2 unspecified atom stereocenters. The molecule has 0 spiro atoms. The molecule has 2 atom stereocenters. The van der Waals surface area contributed by atoms with Crippen LogP contribution in [0.25, 0.3) is 0 Å². The first-order chi connectivity index (χ1) is 8.18. The number of benzene rings is 1. The van der Waals surface area contributed by atoms with Crippen molar-refractivity contribution in [1.82, 2.24) is 0 Å². The van der Waals surface area contributed by atoms with E-state index >= 15 is 0 Å². The predicted molar refractivity (Wildman–Crippen MR) is 67.3 cm³/mol. The lowest BCUT2D eigenvalue weighted by atomic mass is 9.86. The van der Waals surface area contributed by atoms with Gasteiger partial charge in [-0.2, -0.15) is 0 Å². The Bertz CT molecular complexity index is 384. The van der Waals surface area contributed by atoms with E-state index in [-0.39, 0.29) is 17.7 Å². The molecule has 94 valence electrons. The molecule has 2 rings (SSSR count). The summed E-state index contributed by atoms with van der Waals surface area (Å²) in [5.41, 5.74) is 6.40. The Morgan fingerprint density at radius 3 is 2.88 bits per heavy atom. The fourth-order valence-electron chi connectivity index (χ4n) is 2.36. The summed E-state index contributed by atoms with van der Waals surface area (Å²) in [5, 5.41) is 13.0. The minimum absolute atomic E-state index is 0.151. The van der Waals surface area contributed by atoms with Gasteiger partial charge in [-0.05, 0) is 25.0 Å². The molecule has 0 bridgehead atoms. The van der Waals surface area contributed by atoms with E-state index in [1.807, 2.05) is 0 Å². The maximum absolute atomic E-state index is 13.2. The van der Waals surface area contributed by atoms with Gasteiger partial charge in [-0.15, -0.1) is 0 Å². The van der Waals surface area contributed by atoms with Crippen molar-refractivity contribution >= 4 is 11.4 Å². The van der Waals surface area contributed by atoms with E-state index in [0.717, 1.165) is 25.7 Å². The van der Waals surface area contributed by atoms with E-state index in [1.54, 1.807) is 12.1 Å². The number of hydrogen-bond acceptors (Lipinski definition) is 3. The van der Waals surface area contributed by atoms with Crippen LogP contribution in [0.2, 0.25) is 0 Å². The highest BCUT2D eigenvalue weighted by Gasteiger charge is 2.22. The first-order valence-electron chi connectivity index (χ1n) is 6.14. The quantitative estimate of drug-likeness (QED) is 0.708. The van der Waals surface area contributed by atoms with Crippen LogP contribution in [0, 0.1) is 11.7 Å². The molecule has 4 heteroatoms. The molecule has 17 heavy (non-hydrogen) atoms. The van der Waals surface area contributed by atoms with E-state index < -0.39 is 5.82 Å². The van der Waals surface area contributed by atoms with Gasteiger partial charge in [-0.3, -0.25) is 0 Å². The van der Waals surface area contributed by atoms with E-state index in [1.165, 1.54) is 6.07 Å². The topological polar surface area (TPSA) is 58.3 Å². The van der Waals surface area contributed by atoms with E-state index in [0.29, 0.717) is 12.2 Å². The lowest BCUT2D eigenvalue weighted by Crippen LogP contribution is -2.30. The molecular weight excluding hydrogens is 219 g/mol. The van der Waals surface area contributed by atoms with Gasteiger partial charge in [-0.25, -0.2) is 4.39 Å². The van der Waals surface area contributed by atoms with Gasteiger partial charge in [0.15, 0.2) is 0 Å². The third-order valence-electron chi connectivity index (χ3n) is 3.48. The highest BCUT2D eigenvalue weighted by atomic mass is 19.1. The van der Waals surface area contributed by atoms with Crippen LogP contribution in [-0.2, 0) is 0 Å². The summed E-state index contributed by atoms with van der Waals surface area (Å²) < 4.78 is 13.2. The van der Waals surface area contributed by atoms with Crippen LogP contribution in [0.1, 0.15) is 25.7 Å². The molecule has 1 aromatic rings. The van der Waals surface area contributed by atoms with Gasteiger partial charge in [0, 0.05) is 12.5 Å². The Morgan fingerprint density at radius 2 is 2.12 bits per heavy atom. The molecule has 0 radical (unpaired) electrons. The molecule has 1 aliphatic rings. The Kier molecular flexibility index (Phi) is 3.84. The van der Waals surface area contributed by atoms with Gasteiger partial charge in [0.05, 0.1) is 17.5 Å². The number of aliphatic hydroxyl groups is 1. The minimum atomic E-state index is -0.404. The van der Waals surface area contributed by atoms with Crippen molar-refractivity contribution in [3.8, 4) is 0 Å². The average molecular weight is 238 g/mol. The molecule has 0 aromatic heterocycles. The first-order valence-corrected chi connectivity index (χ1v) is 6.14. The van der Waals surface area contributed by atoms with Crippen molar-refractivity contribution < 1.29 is 9.50 Å². The second kappa shape index (κ2) is 5.36. The second-order valence-electron chi connectivity index (χ2n) is 4.69. The smallest absolute Gasteiger partial charge is 0.148 e. The van der Waals surface area contributed by atoms with Crippen LogP contribution in [0.4, 0.5) is 15.8 Å². The Balaban J connectivity index is 1.95. The van der Waals surface area contributed by atoms with Crippen LogP contribution in [0.15, 0.2) is 18.2 Å². The minimum Gasteiger partial charge on any atom is -0.395 e. The Hall–Kier alpha value is -1.29. The fraction of sp³-hybridized carbons (Fsp3) is 0.538. The van der Waals surface area contributed by atoms with Crippen molar-refractivity contribution in [2.75, 3.05) is 17.6 Å². The largest absolute Gasteiger partial charge is 0.395 e. The molecular formula is C13H19FN2O. The number of halogens is 1. The van der Waals surface area contributed by atoms with Gasteiger partial charge in [0.2, 0.25) is 0 Å². The van der Waals surface area contributed by atoms with Gasteiger partial charge >= 0.3 is 0 Å². The summed E-state index contributed by atoms with van der Waals surface area (Å²) in [5.74, 6) is -0.161. The summed E-state index contributed by atoms with van der Waals surface area (Å²) in [7, 11) is 0. The number of aliphatic hydroxyl groups excluding tert-OH is 1. The van der Waals surface area contributed by atoms with Crippen LogP contribution in [-0.4, -0.2) is 17.8 Å². The van der Waals surface area contributed by atoms with Crippen LogP contribution in [0.3, 0.4) is 0 Å². The number of nitrogen functional groups attached to an aromatic ring is 1. The monoisotopic (exact) mass is 238 g/mol. The molecule has 1 aromatic carbocycles. The van der Waals surface area contributed by atoms with Crippen molar-refractivity contribution in [1.29, 1.82) is 0 Å². The van der Waals surface area contributed by atoms with E-state index in [9.17, 15) is 9.50 Å². The highest BCUT2D eigenvalue weighted by molar-refractivity contribution is 5.66. The van der Waals surface area contributed by atoms with Crippen LogP contribution < -0.4 is 11.1 Å². The summed E-state index contributed by atoms with van der Waals surface area (Å²) in [6, 6.07) is 4.73. The zero-order chi connectivity index (χ0) is 12.3. The number of para-hydroxylation sites is 1. The van der Waals surface area contributed by atoms with E-state index in [4.69, 9.17) is 5.73 Å². The number of rotatable bonds is 3. The molecule has 0 aliphatic heterocycles. The molecule has 1 saturated carbocycles. The average Bonchev–Trinajstić information content (AvgIpc) is 2.33. The third kappa shape index (κ3) is 2.88. The molecule has 1 aliphatic carbocycles. The van der Waals surface area contributed by atoms with Gasteiger partial charge in [-0.1, -0.05) is 18.9 Å². The maximum Gasteiger partial charge on any atom is 0.148 e. The number of nitrogens with two attached hydrogens (primary N) is 1. The highest BCUT2D eigenvalue weighted by Crippen LogP contribution is 2.26. The lowest BCUT2D eigenvalue weighted by Gasteiger charge is -2.28. The van der Waals surface area contributed by atoms with Gasteiger partial charge in [0.25, 0.3) is 0 Å². The second-order valence-corrected chi connectivity index (χ2v) is 4.69. The SMILES string of the molecule is Nc1c(F)cccc1NCC1CCCCC1O. The van der Waals surface area contributed by atoms with Crippen LogP contribution in [0.5, 0.6) is 0 Å². The van der Waals surface area contributed by atoms with Crippen molar-refractivity contribution in [3.63, 3.8) is 0 Å². The summed E-state index contributed by atoms with van der Waals surface area (Å²) in [4.78, 5) is 0. The molecule has 0 heterocycles. The van der Waals surface area contributed by atoms with Gasteiger partial charge in [0.1, 0.15) is 5.82 Å². The standard InChI is InChI=1S/C13H19FN2O/c14-10-5-3-6-11(13(10)15)16-8-9-4-1-2-7-12(9)17/h3,5-6,9,12,16-17H,1-2,4,7-8,15H2. The predicted octanol–water partition coefficient (Wildman–Crippen LogP) is 2.37. The zero-order valence-electron chi connectivity index (χ0n) is 9.82.